The van der Waals surface area contributed by atoms with E-state index in [1.54, 1.807) is 0 Å². The van der Waals surface area contributed by atoms with Gasteiger partial charge in [-0.05, 0) is 158 Å². The molecule has 0 radical (unpaired) electrons. The van der Waals surface area contributed by atoms with Gasteiger partial charge in [0, 0.05) is 113 Å². The first-order valence-electron chi connectivity index (χ1n) is 37.0. The van der Waals surface area contributed by atoms with Crippen LogP contribution in [0, 0.1) is 0 Å². The Bertz CT molecular complexity index is 6460. The molecule has 502 valence electrons. The molecule has 0 fully saturated rings. The van der Waals surface area contributed by atoms with Gasteiger partial charge < -0.3 is 23.5 Å². The monoisotopic (exact) mass is 1370 g/mol. The minimum absolute atomic E-state index is 0.301. The number of anilines is 6. The SMILES string of the molecule is c1ccc(-c2cncc(-c3ccccc3)c2N2c3cc(-c4ccc5c(c4)c4ccccc4n5-c4ccccc4)ccc3B3c4ccc(-c5ccc6c(c5)c5ccccc5n6-c5ccccc5)cc4N(c4c(-c5ccccc5)cncc4-c4ccccc4)c4cc(-n5c6ccccc6c6ccccc65)cc2c43)cc1. The van der Waals surface area contributed by atoms with E-state index in [4.69, 9.17) is 9.97 Å². The van der Waals surface area contributed by atoms with E-state index in [0.29, 0.717) is 0 Å². The molecular formula is C100H64BN7. The number of pyridine rings is 2. The van der Waals surface area contributed by atoms with E-state index in [0.717, 1.165) is 140 Å². The molecule has 108 heavy (non-hydrogen) atoms. The number of aromatic nitrogens is 5. The Kier molecular flexibility index (Phi) is 14.0. The molecule has 0 N–H and O–H groups in total. The summed E-state index contributed by atoms with van der Waals surface area (Å²) in [5, 5.41) is 7.16. The van der Waals surface area contributed by atoms with Crippen molar-refractivity contribution in [3.8, 4) is 83.8 Å². The van der Waals surface area contributed by atoms with E-state index < -0.39 is 0 Å². The molecule has 0 spiro atoms. The maximum atomic E-state index is 5.22. The summed E-state index contributed by atoms with van der Waals surface area (Å²) in [6.45, 7) is -0.301. The summed E-state index contributed by atoms with van der Waals surface area (Å²) in [7, 11) is 0. The summed E-state index contributed by atoms with van der Waals surface area (Å²) in [6, 6.07) is 134. The average Bonchev–Trinajstić information content (AvgIpc) is 0.763. The Morgan fingerprint density at radius 1 is 0.204 bits per heavy atom. The zero-order valence-electron chi connectivity index (χ0n) is 58.7. The number of hydrogen-bond donors (Lipinski definition) is 0. The van der Waals surface area contributed by atoms with Gasteiger partial charge in [0.15, 0.2) is 0 Å². The first kappa shape index (κ1) is 61.2. The van der Waals surface area contributed by atoms with Crippen LogP contribution in [0.15, 0.2) is 389 Å². The second kappa shape index (κ2) is 24.7. The highest BCUT2D eigenvalue weighted by atomic mass is 15.2. The van der Waals surface area contributed by atoms with Gasteiger partial charge in [0.25, 0.3) is 6.71 Å². The minimum Gasteiger partial charge on any atom is -0.310 e. The molecule has 0 amide bonds. The number of para-hydroxylation sites is 6. The zero-order chi connectivity index (χ0) is 70.9. The third-order valence-corrected chi connectivity index (χ3v) is 22.6. The van der Waals surface area contributed by atoms with Crippen molar-refractivity contribution in [3.63, 3.8) is 0 Å². The van der Waals surface area contributed by atoms with Gasteiger partial charge >= 0.3 is 0 Å². The van der Waals surface area contributed by atoms with Crippen LogP contribution >= 0.6 is 0 Å². The second-order valence-electron chi connectivity index (χ2n) is 28.4. The largest absolute Gasteiger partial charge is 0.310 e. The molecule has 2 aliphatic heterocycles. The van der Waals surface area contributed by atoms with Gasteiger partial charge in [-0.2, -0.15) is 0 Å². The fourth-order valence-electron chi connectivity index (χ4n) is 17.9. The molecule has 0 unspecified atom stereocenters. The lowest BCUT2D eigenvalue weighted by atomic mass is 9.33. The van der Waals surface area contributed by atoms with Crippen LogP contribution in [0.5, 0.6) is 0 Å². The van der Waals surface area contributed by atoms with E-state index in [2.05, 4.69) is 412 Å². The molecule has 0 saturated carbocycles. The Balaban J connectivity index is 0.888. The molecule has 0 bridgehead atoms. The van der Waals surface area contributed by atoms with Gasteiger partial charge in [0.1, 0.15) is 0 Å². The van der Waals surface area contributed by atoms with Crippen LogP contribution < -0.4 is 26.2 Å². The number of rotatable bonds is 11. The molecule has 15 aromatic carbocycles. The smallest absolute Gasteiger partial charge is 0.252 e. The summed E-state index contributed by atoms with van der Waals surface area (Å²) in [5.74, 6) is 0. The van der Waals surface area contributed by atoms with Crippen molar-refractivity contribution in [3.05, 3.63) is 389 Å². The molecule has 7 heterocycles. The second-order valence-corrected chi connectivity index (χ2v) is 28.4. The quantitative estimate of drug-likeness (QED) is 0.121. The lowest BCUT2D eigenvalue weighted by molar-refractivity contribution is 1.16. The van der Waals surface area contributed by atoms with Crippen molar-refractivity contribution in [1.82, 2.24) is 23.7 Å². The van der Waals surface area contributed by atoms with Crippen LogP contribution in [-0.2, 0) is 0 Å². The summed E-state index contributed by atoms with van der Waals surface area (Å²) >= 11 is 0. The van der Waals surface area contributed by atoms with E-state index in [9.17, 15) is 0 Å². The summed E-state index contributed by atoms with van der Waals surface area (Å²) in [4.78, 5) is 15.7. The van der Waals surface area contributed by atoms with Crippen LogP contribution in [0.4, 0.5) is 34.1 Å². The standard InChI is InChI=1S/C100H64BN7/c1-7-27-65(28-8-1)82-61-102-62-83(66-29-9-2-10-30-66)99(82)107-94-57-71(69-49-53-92-80(55-69)78-41-21-25-45-90(78)104(92)73-35-15-5-16-36-73)47-51-86(94)101-87-52-48-72(70-50-54-93-81(56-70)79-42-22-26-46-91(79)105(93)74-37-17-6-18-38-74)58-95(87)108(100-84(67-31-11-3-12-32-67)63-103-64-85(100)68-33-13-4-14-34-68)97-60-75(59-96(107)98(97)101)106-88-43-23-19-39-76(88)77-40-20-24-44-89(77)106/h1-64H. The van der Waals surface area contributed by atoms with E-state index >= 15 is 0 Å². The lowest BCUT2D eigenvalue weighted by Crippen LogP contribution is -2.61. The van der Waals surface area contributed by atoms with Crippen molar-refractivity contribution < 1.29 is 0 Å². The third-order valence-electron chi connectivity index (χ3n) is 22.6. The summed E-state index contributed by atoms with van der Waals surface area (Å²) in [5.41, 5.74) is 32.7. The van der Waals surface area contributed by atoms with Gasteiger partial charge in [-0.3, -0.25) is 9.97 Å². The van der Waals surface area contributed by atoms with Gasteiger partial charge in [-0.25, -0.2) is 0 Å². The number of fused-ring (bicyclic) bond motifs is 13. The highest BCUT2D eigenvalue weighted by molar-refractivity contribution is 7.00. The Hall–Kier alpha value is -14.3. The molecule has 2 aliphatic rings. The lowest BCUT2D eigenvalue weighted by Gasteiger charge is -2.46. The normalized spacial score (nSPS) is 12.4. The van der Waals surface area contributed by atoms with Crippen LogP contribution in [-0.4, -0.2) is 30.4 Å². The fourth-order valence-corrected chi connectivity index (χ4v) is 17.9. The van der Waals surface area contributed by atoms with Crippen LogP contribution in [0.25, 0.3) is 149 Å². The van der Waals surface area contributed by atoms with Crippen molar-refractivity contribution in [1.29, 1.82) is 0 Å². The van der Waals surface area contributed by atoms with E-state index in [-0.39, 0.29) is 6.71 Å². The zero-order valence-corrected chi connectivity index (χ0v) is 58.7. The number of benzene rings is 15. The van der Waals surface area contributed by atoms with Gasteiger partial charge in [-0.1, -0.05) is 267 Å². The molecule has 0 saturated heterocycles. The maximum absolute atomic E-state index is 5.22. The average molecular weight is 1370 g/mol. The highest BCUT2D eigenvalue weighted by Gasteiger charge is 2.46. The molecule has 0 atom stereocenters. The third kappa shape index (κ3) is 9.50. The van der Waals surface area contributed by atoms with Crippen molar-refractivity contribution in [2.75, 3.05) is 9.80 Å². The molecule has 22 rings (SSSR count). The Morgan fingerprint density at radius 2 is 0.481 bits per heavy atom. The van der Waals surface area contributed by atoms with Crippen LogP contribution in [0.1, 0.15) is 0 Å². The number of nitrogens with zero attached hydrogens (tertiary/aromatic N) is 7. The van der Waals surface area contributed by atoms with Gasteiger partial charge in [0.2, 0.25) is 0 Å². The number of hydrogen-bond acceptors (Lipinski definition) is 4. The van der Waals surface area contributed by atoms with Gasteiger partial charge in [0.05, 0.1) is 50.2 Å². The van der Waals surface area contributed by atoms with Crippen molar-refractivity contribution >= 4 is 123 Å². The van der Waals surface area contributed by atoms with E-state index in [1.807, 2.05) is 0 Å². The fraction of sp³-hybridized carbons (Fsp3) is 0. The molecule has 8 heteroatoms. The van der Waals surface area contributed by atoms with Crippen molar-refractivity contribution in [2.45, 2.75) is 0 Å². The maximum Gasteiger partial charge on any atom is 0.252 e. The Morgan fingerprint density at radius 3 is 0.833 bits per heavy atom. The van der Waals surface area contributed by atoms with Gasteiger partial charge in [-0.15, -0.1) is 0 Å². The predicted octanol–water partition coefficient (Wildman–Crippen LogP) is 23.9. The molecule has 0 aliphatic carbocycles. The Labute approximate surface area is 624 Å². The minimum atomic E-state index is -0.301. The van der Waals surface area contributed by atoms with Crippen molar-refractivity contribution in [2.24, 2.45) is 0 Å². The van der Waals surface area contributed by atoms with Crippen LogP contribution in [0.2, 0.25) is 0 Å². The summed E-state index contributed by atoms with van der Waals surface area (Å²) in [6.07, 6.45) is 8.34. The molecule has 5 aromatic heterocycles. The molecular weight excluding hydrogens is 1310 g/mol. The highest BCUT2D eigenvalue weighted by Crippen LogP contribution is 2.54. The van der Waals surface area contributed by atoms with Crippen LogP contribution in [0.3, 0.4) is 0 Å². The first-order valence-corrected chi connectivity index (χ1v) is 37.0. The van der Waals surface area contributed by atoms with E-state index in [1.165, 1.54) is 59.7 Å². The predicted molar refractivity (Wildman–Crippen MR) is 452 cm³/mol. The molecule has 7 nitrogen and oxygen atoms in total. The summed E-state index contributed by atoms with van der Waals surface area (Å²) < 4.78 is 7.32. The first-order chi connectivity index (χ1) is 53.6. The topological polar surface area (TPSA) is 47.1 Å². The molecule has 20 aromatic rings.